The standard InChI is InChI=1S/C21H28N2O4/c1-3-27-17-5-4-16(9-18(17)26-2)19(24)22-23-20(25)21-10-13-6-14(11-21)8-15(7-13)12-21/h4-5,9,13-15H,3,6-8,10-12H2,1-2H3,(H,22,24)(H,23,25). The van der Waals surface area contributed by atoms with Crippen molar-refractivity contribution in [1.82, 2.24) is 10.9 Å². The van der Waals surface area contributed by atoms with Gasteiger partial charge in [0.25, 0.3) is 5.91 Å². The highest BCUT2D eigenvalue weighted by atomic mass is 16.5. The zero-order chi connectivity index (χ0) is 19.0. The summed E-state index contributed by atoms with van der Waals surface area (Å²) < 4.78 is 10.8. The summed E-state index contributed by atoms with van der Waals surface area (Å²) in [5.41, 5.74) is 5.43. The van der Waals surface area contributed by atoms with Crippen molar-refractivity contribution in [3.63, 3.8) is 0 Å². The molecule has 4 saturated carbocycles. The first-order valence-electron chi connectivity index (χ1n) is 9.94. The van der Waals surface area contributed by atoms with Crippen molar-refractivity contribution in [3.8, 4) is 11.5 Å². The van der Waals surface area contributed by atoms with Gasteiger partial charge in [0.1, 0.15) is 0 Å². The summed E-state index contributed by atoms with van der Waals surface area (Å²) in [4.78, 5) is 25.4. The fourth-order valence-corrected chi connectivity index (χ4v) is 5.79. The second-order valence-electron chi connectivity index (χ2n) is 8.40. The number of rotatable bonds is 5. The molecule has 5 rings (SSSR count). The minimum atomic E-state index is -0.352. The first-order valence-corrected chi connectivity index (χ1v) is 9.94. The summed E-state index contributed by atoms with van der Waals surface area (Å²) in [6.07, 6.45) is 6.76. The lowest BCUT2D eigenvalue weighted by atomic mass is 9.49. The van der Waals surface area contributed by atoms with E-state index in [2.05, 4.69) is 10.9 Å². The van der Waals surface area contributed by atoms with Crippen LogP contribution in [0, 0.1) is 23.2 Å². The Kier molecular flexibility index (Phi) is 4.74. The quantitative estimate of drug-likeness (QED) is 0.779. The molecule has 4 fully saturated rings. The van der Waals surface area contributed by atoms with Crippen LogP contribution in [0.1, 0.15) is 55.8 Å². The Morgan fingerprint density at radius 1 is 1.04 bits per heavy atom. The Bertz CT molecular complexity index is 710. The van der Waals surface area contributed by atoms with Crippen LogP contribution in [0.15, 0.2) is 18.2 Å². The first-order chi connectivity index (χ1) is 13.0. The van der Waals surface area contributed by atoms with Crippen molar-refractivity contribution >= 4 is 11.8 Å². The van der Waals surface area contributed by atoms with Gasteiger partial charge in [-0.1, -0.05) is 0 Å². The van der Waals surface area contributed by atoms with E-state index in [9.17, 15) is 9.59 Å². The zero-order valence-electron chi connectivity index (χ0n) is 16.0. The average Bonchev–Trinajstić information content (AvgIpc) is 2.65. The number of methoxy groups -OCH3 is 1. The van der Waals surface area contributed by atoms with Gasteiger partial charge in [-0.25, -0.2) is 0 Å². The van der Waals surface area contributed by atoms with E-state index in [1.54, 1.807) is 18.2 Å². The predicted octanol–water partition coefficient (Wildman–Crippen LogP) is 3.07. The van der Waals surface area contributed by atoms with Crippen molar-refractivity contribution in [2.45, 2.75) is 45.4 Å². The van der Waals surface area contributed by atoms with Crippen LogP contribution in [0.3, 0.4) is 0 Å². The number of hydrogen-bond donors (Lipinski definition) is 2. The number of benzene rings is 1. The normalized spacial score (nSPS) is 30.7. The van der Waals surface area contributed by atoms with Crippen LogP contribution < -0.4 is 20.3 Å². The SMILES string of the molecule is CCOc1ccc(C(=O)NNC(=O)C23CC4CC(CC(C4)C2)C3)cc1OC. The Morgan fingerprint density at radius 3 is 2.22 bits per heavy atom. The number of ether oxygens (including phenoxy) is 2. The van der Waals surface area contributed by atoms with Crippen LogP contribution in [-0.2, 0) is 4.79 Å². The number of hydrazine groups is 1. The van der Waals surface area contributed by atoms with Gasteiger partial charge in [-0.05, 0) is 81.4 Å². The lowest BCUT2D eigenvalue weighted by Gasteiger charge is -2.55. The maximum atomic E-state index is 12.9. The molecule has 0 aliphatic heterocycles. The molecule has 0 radical (unpaired) electrons. The monoisotopic (exact) mass is 372 g/mol. The van der Waals surface area contributed by atoms with E-state index in [1.165, 1.54) is 26.4 Å². The molecule has 4 aliphatic rings. The lowest BCUT2D eigenvalue weighted by Crippen LogP contribution is -2.56. The highest BCUT2D eigenvalue weighted by molar-refractivity contribution is 5.96. The highest BCUT2D eigenvalue weighted by Crippen LogP contribution is 2.60. The van der Waals surface area contributed by atoms with Crippen molar-refractivity contribution in [1.29, 1.82) is 0 Å². The molecule has 27 heavy (non-hydrogen) atoms. The molecule has 1 aromatic rings. The maximum absolute atomic E-state index is 12.9. The third kappa shape index (κ3) is 3.37. The van der Waals surface area contributed by atoms with Gasteiger partial charge in [0.05, 0.1) is 19.1 Å². The third-order valence-corrected chi connectivity index (χ3v) is 6.54. The molecule has 0 aromatic heterocycles. The molecule has 2 amide bonds. The number of nitrogens with one attached hydrogen (secondary N) is 2. The molecule has 6 heteroatoms. The van der Waals surface area contributed by atoms with Crippen molar-refractivity contribution in [2.24, 2.45) is 23.2 Å². The number of carbonyl (C=O) groups is 2. The van der Waals surface area contributed by atoms with Crippen LogP contribution in [-0.4, -0.2) is 25.5 Å². The van der Waals surface area contributed by atoms with Gasteiger partial charge in [0.15, 0.2) is 11.5 Å². The molecule has 0 saturated heterocycles. The molecule has 146 valence electrons. The molecule has 1 aromatic carbocycles. The van der Waals surface area contributed by atoms with E-state index in [-0.39, 0.29) is 17.2 Å². The molecule has 4 aliphatic carbocycles. The largest absolute Gasteiger partial charge is 0.493 e. The highest BCUT2D eigenvalue weighted by Gasteiger charge is 2.54. The molecule has 0 spiro atoms. The van der Waals surface area contributed by atoms with Gasteiger partial charge in [-0.15, -0.1) is 0 Å². The molecule has 0 heterocycles. The Labute approximate surface area is 160 Å². The van der Waals surface area contributed by atoms with Crippen LogP contribution in [0.25, 0.3) is 0 Å². The summed E-state index contributed by atoms with van der Waals surface area (Å²) in [6, 6.07) is 5.00. The summed E-state index contributed by atoms with van der Waals surface area (Å²) in [7, 11) is 1.54. The van der Waals surface area contributed by atoms with Gasteiger partial charge in [-0.2, -0.15) is 0 Å². The van der Waals surface area contributed by atoms with E-state index in [0.29, 0.717) is 41.4 Å². The van der Waals surface area contributed by atoms with Crippen LogP contribution >= 0.6 is 0 Å². The summed E-state index contributed by atoms with van der Waals surface area (Å²) in [5, 5.41) is 0. The number of carbonyl (C=O) groups excluding carboxylic acids is 2. The molecule has 6 nitrogen and oxygen atoms in total. The summed E-state index contributed by atoms with van der Waals surface area (Å²) in [6.45, 7) is 2.41. The Balaban J connectivity index is 1.40. The van der Waals surface area contributed by atoms with E-state index >= 15 is 0 Å². The molecular weight excluding hydrogens is 344 g/mol. The number of amides is 2. The third-order valence-electron chi connectivity index (χ3n) is 6.54. The zero-order valence-corrected chi connectivity index (χ0v) is 16.0. The fraction of sp³-hybridized carbons (Fsp3) is 0.619. The van der Waals surface area contributed by atoms with Gasteiger partial charge in [-0.3, -0.25) is 20.4 Å². The second kappa shape index (κ2) is 7.06. The molecule has 4 bridgehead atoms. The maximum Gasteiger partial charge on any atom is 0.269 e. The van der Waals surface area contributed by atoms with Crippen molar-refractivity contribution < 1.29 is 19.1 Å². The van der Waals surface area contributed by atoms with E-state index in [4.69, 9.17) is 9.47 Å². The van der Waals surface area contributed by atoms with E-state index in [1.807, 2.05) is 6.92 Å². The fourth-order valence-electron chi connectivity index (χ4n) is 5.79. The predicted molar refractivity (Wildman–Crippen MR) is 100 cm³/mol. The minimum Gasteiger partial charge on any atom is -0.493 e. The molecule has 0 unspecified atom stereocenters. The number of hydrogen-bond acceptors (Lipinski definition) is 4. The van der Waals surface area contributed by atoms with Gasteiger partial charge >= 0.3 is 0 Å². The summed E-state index contributed by atoms with van der Waals surface area (Å²) >= 11 is 0. The Morgan fingerprint density at radius 2 is 1.67 bits per heavy atom. The van der Waals surface area contributed by atoms with Crippen molar-refractivity contribution in [2.75, 3.05) is 13.7 Å². The molecular formula is C21H28N2O4. The smallest absolute Gasteiger partial charge is 0.269 e. The second-order valence-corrected chi connectivity index (χ2v) is 8.40. The van der Waals surface area contributed by atoms with Gasteiger partial charge in [0, 0.05) is 5.56 Å². The van der Waals surface area contributed by atoms with Gasteiger partial charge in [0.2, 0.25) is 5.91 Å². The summed E-state index contributed by atoms with van der Waals surface area (Å²) in [5.74, 6) is 2.78. The van der Waals surface area contributed by atoms with Crippen LogP contribution in [0.2, 0.25) is 0 Å². The van der Waals surface area contributed by atoms with E-state index < -0.39 is 0 Å². The van der Waals surface area contributed by atoms with E-state index in [0.717, 1.165) is 19.3 Å². The lowest BCUT2D eigenvalue weighted by molar-refractivity contribution is -0.147. The average molecular weight is 372 g/mol. The van der Waals surface area contributed by atoms with Crippen LogP contribution in [0.4, 0.5) is 0 Å². The van der Waals surface area contributed by atoms with Crippen LogP contribution in [0.5, 0.6) is 11.5 Å². The molecule has 0 atom stereocenters. The first kappa shape index (κ1) is 18.1. The molecule has 2 N–H and O–H groups in total. The topological polar surface area (TPSA) is 76.7 Å². The van der Waals surface area contributed by atoms with Crippen molar-refractivity contribution in [3.05, 3.63) is 23.8 Å². The minimum absolute atomic E-state index is 0.0205. The van der Waals surface area contributed by atoms with Gasteiger partial charge < -0.3 is 9.47 Å². The Hall–Kier alpha value is -2.24.